The van der Waals surface area contributed by atoms with Crippen LogP contribution in [0.5, 0.6) is 5.75 Å². The zero-order chi connectivity index (χ0) is 21.5. The minimum absolute atomic E-state index is 0.00852. The minimum Gasteiger partial charge on any atom is -0.496 e. The van der Waals surface area contributed by atoms with Gasteiger partial charge in [0.05, 0.1) is 24.4 Å². The number of nitrogens with one attached hydrogen (secondary N) is 2. The second-order valence-corrected chi connectivity index (χ2v) is 6.69. The largest absolute Gasteiger partial charge is 0.496 e. The maximum Gasteiger partial charge on any atom is 0.307 e. The fourth-order valence-corrected chi connectivity index (χ4v) is 2.96. The van der Waals surface area contributed by atoms with Crippen molar-refractivity contribution >= 4 is 22.8 Å². The number of para-hydroxylation sites is 2. The van der Waals surface area contributed by atoms with E-state index in [0.29, 0.717) is 22.5 Å². The predicted molar refractivity (Wildman–Crippen MR) is 111 cm³/mol. The molecule has 1 aromatic heterocycles. The van der Waals surface area contributed by atoms with Crippen LogP contribution in [0.15, 0.2) is 53.3 Å². The number of carbonyl (C=O) groups is 2. The standard InChI is InChI=1S/C22H23N3O5/c1-14(21(27)23-13-15-7-3-6-10-18(15)29-2)30-20(26)12-11-19-24-17-9-5-4-8-16(17)22(28)25-19/h3-10,14H,11-13H2,1-2H3,(H,23,27)(H,24,25,28)/t14-/m1/s1. The van der Waals surface area contributed by atoms with Crippen LogP contribution in [0.4, 0.5) is 0 Å². The molecule has 0 spiro atoms. The van der Waals surface area contributed by atoms with Gasteiger partial charge in [0.1, 0.15) is 11.6 Å². The predicted octanol–water partition coefficient (Wildman–Crippen LogP) is 2.11. The molecule has 1 amide bonds. The zero-order valence-corrected chi connectivity index (χ0v) is 16.8. The van der Waals surface area contributed by atoms with E-state index in [1.807, 2.05) is 18.2 Å². The molecule has 2 N–H and O–H groups in total. The summed E-state index contributed by atoms with van der Waals surface area (Å²) in [5, 5.41) is 3.21. The lowest BCUT2D eigenvalue weighted by Gasteiger charge is -2.14. The third kappa shape index (κ3) is 5.22. The molecular weight excluding hydrogens is 386 g/mol. The molecule has 30 heavy (non-hydrogen) atoms. The molecule has 0 aliphatic rings. The molecule has 8 heteroatoms. The number of fused-ring (bicyclic) bond motifs is 1. The molecule has 0 saturated carbocycles. The minimum atomic E-state index is -0.948. The molecule has 1 atom stereocenters. The molecule has 3 aromatic rings. The van der Waals surface area contributed by atoms with Gasteiger partial charge in [-0.05, 0) is 25.1 Å². The van der Waals surface area contributed by atoms with Gasteiger partial charge in [0, 0.05) is 18.5 Å². The van der Waals surface area contributed by atoms with Crippen LogP contribution in [0.3, 0.4) is 0 Å². The Kier molecular flexibility index (Phi) is 6.79. The number of rotatable bonds is 8. The van der Waals surface area contributed by atoms with Gasteiger partial charge in [-0.25, -0.2) is 4.98 Å². The fourth-order valence-electron chi connectivity index (χ4n) is 2.96. The van der Waals surface area contributed by atoms with Gasteiger partial charge >= 0.3 is 5.97 Å². The van der Waals surface area contributed by atoms with E-state index in [1.165, 1.54) is 6.92 Å². The average Bonchev–Trinajstić information content (AvgIpc) is 2.76. The summed E-state index contributed by atoms with van der Waals surface area (Å²) in [7, 11) is 1.56. The first-order chi connectivity index (χ1) is 14.5. The number of aromatic nitrogens is 2. The van der Waals surface area contributed by atoms with E-state index < -0.39 is 18.0 Å². The molecule has 0 saturated heterocycles. The van der Waals surface area contributed by atoms with Crippen LogP contribution in [-0.2, 0) is 27.3 Å². The number of benzene rings is 2. The van der Waals surface area contributed by atoms with Crippen LogP contribution in [-0.4, -0.2) is 35.1 Å². The smallest absolute Gasteiger partial charge is 0.307 e. The Balaban J connectivity index is 1.50. The van der Waals surface area contributed by atoms with E-state index in [1.54, 1.807) is 37.4 Å². The van der Waals surface area contributed by atoms with Crippen LogP contribution in [0.2, 0.25) is 0 Å². The van der Waals surface area contributed by atoms with Gasteiger partial charge in [-0.3, -0.25) is 14.4 Å². The Morgan fingerprint density at radius 3 is 2.67 bits per heavy atom. The Bertz CT molecular complexity index is 1110. The molecular formula is C22H23N3O5. The molecule has 3 rings (SSSR count). The molecule has 2 aromatic carbocycles. The highest BCUT2D eigenvalue weighted by Gasteiger charge is 2.18. The van der Waals surface area contributed by atoms with Crippen molar-refractivity contribution in [1.29, 1.82) is 0 Å². The maximum atomic E-state index is 12.2. The number of nitrogens with zero attached hydrogens (tertiary/aromatic N) is 1. The summed E-state index contributed by atoms with van der Waals surface area (Å²) in [6.07, 6.45) is -0.754. The Hall–Kier alpha value is -3.68. The van der Waals surface area contributed by atoms with Crippen molar-refractivity contribution in [3.05, 3.63) is 70.3 Å². The highest BCUT2D eigenvalue weighted by atomic mass is 16.5. The first kappa shape index (κ1) is 21.0. The van der Waals surface area contributed by atoms with Gasteiger partial charge in [0.15, 0.2) is 6.10 Å². The van der Waals surface area contributed by atoms with Crippen molar-refractivity contribution < 1.29 is 19.1 Å². The number of esters is 1. The number of amides is 1. The highest BCUT2D eigenvalue weighted by molar-refractivity contribution is 5.83. The molecule has 156 valence electrons. The normalized spacial score (nSPS) is 11.7. The van der Waals surface area contributed by atoms with Gasteiger partial charge in [-0.15, -0.1) is 0 Å². The number of aromatic amines is 1. The van der Waals surface area contributed by atoms with Crippen LogP contribution in [0, 0.1) is 0 Å². The number of methoxy groups -OCH3 is 1. The van der Waals surface area contributed by atoms with Crippen molar-refractivity contribution in [2.45, 2.75) is 32.4 Å². The van der Waals surface area contributed by atoms with Gasteiger partial charge in [-0.2, -0.15) is 0 Å². The molecule has 0 aliphatic heterocycles. The number of aryl methyl sites for hydroxylation is 1. The van der Waals surface area contributed by atoms with E-state index in [0.717, 1.165) is 5.56 Å². The van der Waals surface area contributed by atoms with E-state index in [9.17, 15) is 14.4 Å². The summed E-state index contributed by atoms with van der Waals surface area (Å²) in [5.41, 5.74) is 1.12. The summed E-state index contributed by atoms with van der Waals surface area (Å²) in [6, 6.07) is 14.3. The molecule has 0 radical (unpaired) electrons. The monoisotopic (exact) mass is 409 g/mol. The van der Waals surface area contributed by atoms with Crippen LogP contribution >= 0.6 is 0 Å². The van der Waals surface area contributed by atoms with Gasteiger partial charge in [-0.1, -0.05) is 30.3 Å². The van der Waals surface area contributed by atoms with E-state index in [4.69, 9.17) is 9.47 Å². The van der Waals surface area contributed by atoms with E-state index in [-0.39, 0.29) is 24.9 Å². The SMILES string of the molecule is COc1ccccc1CNC(=O)[C@@H](C)OC(=O)CCc1nc2ccccc2c(=O)[nH]1. The maximum absolute atomic E-state index is 12.2. The first-order valence-electron chi connectivity index (χ1n) is 9.55. The van der Waals surface area contributed by atoms with Crippen molar-refractivity contribution in [1.82, 2.24) is 15.3 Å². The molecule has 0 bridgehead atoms. The number of carbonyl (C=O) groups excluding carboxylic acids is 2. The summed E-state index contributed by atoms with van der Waals surface area (Å²) < 4.78 is 10.4. The lowest BCUT2D eigenvalue weighted by molar-refractivity contribution is -0.154. The lowest BCUT2D eigenvalue weighted by atomic mass is 10.2. The van der Waals surface area contributed by atoms with Crippen molar-refractivity contribution in [3.63, 3.8) is 0 Å². The molecule has 1 heterocycles. The highest BCUT2D eigenvalue weighted by Crippen LogP contribution is 2.16. The summed E-state index contributed by atoms with van der Waals surface area (Å²) in [6.45, 7) is 1.76. The number of ether oxygens (including phenoxy) is 2. The van der Waals surface area contributed by atoms with Crippen LogP contribution in [0.25, 0.3) is 10.9 Å². The molecule has 0 unspecified atom stereocenters. The second-order valence-electron chi connectivity index (χ2n) is 6.69. The van der Waals surface area contributed by atoms with Crippen molar-refractivity contribution in [2.75, 3.05) is 7.11 Å². The molecule has 0 fully saturated rings. The van der Waals surface area contributed by atoms with Crippen molar-refractivity contribution in [3.8, 4) is 5.75 Å². The Labute approximate surface area is 173 Å². The summed E-state index contributed by atoms with van der Waals surface area (Å²) in [5.74, 6) is 0.0977. The van der Waals surface area contributed by atoms with Gasteiger partial charge in [0.25, 0.3) is 11.5 Å². The second kappa shape index (κ2) is 9.69. The number of H-pyrrole nitrogens is 1. The first-order valence-corrected chi connectivity index (χ1v) is 9.55. The van der Waals surface area contributed by atoms with Crippen LogP contribution in [0.1, 0.15) is 24.7 Å². The summed E-state index contributed by atoms with van der Waals surface area (Å²) in [4.78, 5) is 43.4. The quantitative estimate of drug-likeness (QED) is 0.552. The third-order valence-electron chi connectivity index (χ3n) is 4.55. The Morgan fingerprint density at radius 1 is 1.13 bits per heavy atom. The third-order valence-corrected chi connectivity index (χ3v) is 4.55. The molecule has 8 nitrogen and oxygen atoms in total. The van der Waals surface area contributed by atoms with E-state index in [2.05, 4.69) is 15.3 Å². The number of hydrogen-bond donors (Lipinski definition) is 2. The van der Waals surface area contributed by atoms with Crippen LogP contribution < -0.4 is 15.6 Å². The Morgan fingerprint density at radius 2 is 1.87 bits per heavy atom. The summed E-state index contributed by atoms with van der Waals surface area (Å²) >= 11 is 0. The topological polar surface area (TPSA) is 110 Å². The van der Waals surface area contributed by atoms with E-state index >= 15 is 0 Å². The average molecular weight is 409 g/mol. The van der Waals surface area contributed by atoms with Gasteiger partial charge < -0.3 is 19.8 Å². The number of hydrogen-bond acceptors (Lipinski definition) is 6. The molecule has 0 aliphatic carbocycles. The zero-order valence-electron chi connectivity index (χ0n) is 16.8. The fraction of sp³-hybridized carbons (Fsp3) is 0.273. The lowest BCUT2D eigenvalue weighted by Crippen LogP contribution is -2.35. The van der Waals surface area contributed by atoms with Gasteiger partial charge in [0.2, 0.25) is 0 Å². The van der Waals surface area contributed by atoms with Crippen molar-refractivity contribution in [2.24, 2.45) is 0 Å².